The van der Waals surface area contributed by atoms with E-state index in [0.717, 1.165) is 11.1 Å². The van der Waals surface area contributed by atoms with Crippen LogP contribution in [0.1, 0.15) is 28.4 Å². The first-order valence-electron chi connectivity index (χ1n) is 7.11. The van der Waals surface area contributed by atoms with Gasteiger partial charge in [-0.15, -0.1) is 0 Å². The second-order valence-electron chi connectivity index (χ2n) is 5.27. The fraction of sp³-hybridized carbons (Fsp3) is 0.222. The van der Waals surface area contributed by atoms with Gasteiger partial charge in [0.1, 0.15) is 0 Å². The predicted octanol–water partition coefficient (Wildman–Crippen LogP) is 3.49. The monoisotopic (exact) mass is 297 g/mol. The number of anilines is 1. The minimum Gasteiger partial charge on any atom is -0.449 e. The molecule has 4 heteroatoms. The molecule has 0 spiro atoms. The summed E-state index contributed by atoms with van der Waals surface area (Å²) in [5.74, 6) is -0.861. The molecule has 0 saturated carbocycles. The van der Waals surface area contributed by atoms with Crippen LogP contribution in [0.4, 0.5) is 5.69 Å². The molecule has 0 fully saturated rings. The molecule has 2 rings (SSSR count). The maximum atomic E-state index is 12.0. The molecule has 2 aromatic rings. The van der Waals surface area contributed by atoms with E-state index in [9.17, 15) is 9.59 Å². The average molecular weight is 297 g/mol. The van der Waals surface area contributed by atoms with Crippen molar-refractivity contribution in [3.8, 4) is 0 Å². The van der Waals surface area contributed by atoms with E-state index in [1.54, 1.807) is 25.1 Å². The Hall–Kier alpha value is -2.62. The molecule has 0 aliphatic rings. The number of esters is 1. The average Bonchev–Trinajstić information content (AvgIpc) is 2.49. The topological polar surface area (TPSA) is 55.4 Å². The molecule has 0 radical (unpaired) electrons. The first-order chi connectivity index (χ1) is 10.5. The molecule has 1 unspecified atom stereocenters. The van der Waals surface area contributed by atoms with E-state index in [2.05, 4.69) is 5.32 Å². The lowest BCUT2D eigenvalue weighted by molar-refractivity contribution is -0.123. The lowest BCUT2D eigenvalue weighted by Gasteiger charge is -2.14. The van der Waals surface area contributed by atoms with E-state index in [1.165, 1.54) is 0 Å². The van der Waals surface area contributed by atoms with Gasteiger partial charge in [0.15, 0.2) is 6.10 Å². The maximum absolute atomic E-state index is 12.0. The Kier molecular flexibility index (Phi) is 4.94. The second kappa shape index (κ2) is 6.89. The number of carbonyl (C=O) groups excluding carboxylic acids is 2. The Morgan fingerprint density at radius 2 is 1.68 bits per heavy atom. The number of aryl methyl sites for hydroxylation is 2. The van der Waals surface area contributed by atoms with Gasteiger partial charge in [-0.2, -0.15) is 0 Å². The third-order valence-corrected chi connectivity index (χ3v) is 3.23. The molecule has 0 aliphatic heterocycles. The normalized spacial score (nSPS) is 11.6. The summed E-state index contributed by atoms with van der Waals surface area (Å²) in [5.41, 5.74) is 3.19. The highest BCUT2D eigenvalue weighted by Crippen LogP contribution is 2.11. The van der Waals surface area contributed by atoms with Crippen molar-refractivity contribution in [1.29, 1.82) is 0 Å². The maximum Gasteiger partial charge on any atom is 0.338 e. The van der Waals surface area contributed by atoms with Crippen LogP contribution in [-0.4, -0.2) is 18.0 Å². The van der Waals surface area contributed by atoms with Crippen molar-refractivity contribution in [2.45, 2.75) is 26.9 Å². The number of rotatable bonds is 4. The van der Waals surface area contributed by atoms with Crippen LogP contribution in [0.5, 0.6) is 0 Å². The quantitative estimate of drug-likeness (QED) is 0.879. The summed E-state index contributed by atoms with van der Waals surface area (Å²) < 4.78 is 5.20. The van der Waals surface area contributed by atoms with Crippen molar-refractivity contribution >= 4 is 17.6 Å². The largest absolute Gasteiger partial charge is 0.449 e. The third-order valence-electron chi connectivity index (χ3n) is 3.23. The first kappa shape index (κ1) is 15.8. The number of ether oxygens (including phenoxy) is 1. The van der Waals surface area contributed by atoms with E-state index in [4.69, 9.17) is 4.74 Å². The van der Waals surface area contributed by atoms with Crippen LogP contribution in [-0.2, 0) is 9.53 Å². The van der Waals surface area contributed by atoms with Crippen LogP contribution < -0.4 is 5.32 Å². The number of benzene rings is 2. The molecule has 22 heavy (non-hydrogen) atoms. The molecular weight excluding hydrogens is 278 g/mol. The van der Waals surface area contributed by atoms with Crippen LogP contribution >= 0.6 is 0 Å². The molecule has 1 atom stereocenters. The molecule has 0 aromatic heterocycles. The van der Waals surface area contributed by atoms with Crippen LogP contribution in [0.3, 0.4) is 0 Å². The Labute approximate surface area is 130 Å². The molecule has 114 valence electrons. The summed E-state index contributed by atoms with van der Waals surface area (Å²) >= 11 is 0. The number of nitrogens with one attached hydrogen (secondary N) is 1. The SMILES string of the molecule is Cc1ccc(NC(=O)C(C)OC(=O)c2cccc(C)c2)cc1. The molecule has 0 bridgehead atoms. The number of amides is 1. The molecule has 0 heterocycles. The minimum atomic E-state index is -0.866. The summed E-state index contributed by atoms with van der Waals surface area (Å²) in [6.45, 7) is 5.42. The Morgan fingerprint density at radius 1 is 1.00 bits per heavy atom. The molecule has 1 N–H and O–H groups in total. The van der Waals surface area contributed by atoms with Crippen molar-refractivity contribution < 1.29 is 14.3 Å². The Balaban J connectivity index is 1.96. The summed E-state index contributed by atoms with van der Waals surface area (Å²) in [6, 6.07) is 14.5. The first-order valence-corrected chi connectivity index (χ1v) is 7.11. The number of carbonyl (C=O) groups is 2. The Morgan fingerprint density at radius 3 is 2.32 bits per heavy atom. The van der Waals surface area contributed by atoms with Crippen molar-refractivity contribution in [3.05, 3.63) is 65.2 Å². The van der Waals surface area contributed by atoms with Crippen LogP contribution in [0.15, 0.2) is 48.5 Å². The standard InChI is InChI=1S/C18H19NO3/c1-12-7-9-16(10-8-12)19-17(20)14(3)22-18(21)15-6-4-5-13(2)11-15/h4-11,14H,1-3H3,(H,19,20). The highest BCUT2D eigenvalue weighted by atomic mass is 16.5. The molecule has 4 nitrogen and oxygen atoms in total. The van der Waals surface area contributed by atoms with E-state index < -0.39 is 12.1 Å². The van der Waals surface area contributed by atoms with E-state index in [-0.39, 0.29) is 5.91 Å². The van der Waals surface area contributed by atoms with Crippen molar-refractivity contribution in [1.82, 2.24) is 0 Å². The highest BCUT2D eigenvalue weighted by molar-refractivity contribution is 5.97. The summed E-state index contributed by atoms with van der Waals surface area (Å²) in [6.07, 6.45) is -0.866. The predicted molar refractivity (Wildman–Crippen MR) is 85.9 cm³/mol. The van der Waals surface area contributed by atoms with Gasteiger partial charge in [0.2, 0.25) is 0 Å². The van der Waals surface area contributed by atoms with Gasteiger partial charge in [0, 0.05) is 5.69 Å². The van der Waals surface area contributed by atoms with Gasteiger partial charge in [-0.1, -0.05) is 35.4 Å². The van der Waals surface area contributed by atoms with Gasteiger partial charge in [0.05, 0.1) is 5.56 Å². The van der Waals surface area contributed by atoms with Crippen molar-refractivity contribution in [2.24, 2.45) is 0 Å². The van der Waals surface area contributed by atoms with E-state index >= 15 is 0 Å². The zero-order valence-electron chi connectivity index (χ0n) is 12.9. The van der Waals surface area contributed by atoms with E-state index in [0.29, 0.717) is 11.3 Å². The van der Waals surface area contributed by atoms with Crippen molar-refractivity contribution in [3.63, 3.8) is 0 Å². The van der Waals surface area contributed by atoms with Gasteiger partial charge in [-0.25, -0.2) is 4.79 Å². The third kappa shape index (κ3) is 4.19. The zero-order valence-corrected chi connectivity index (χ0v) is 12.9. The Bertz CT molecular complexity index is 677. The molecular formula is C18H19NO3. The molecule has 2 aromatic carbocycles. The molecule has 0 aliphatic carbocycles. The van der Waals surface area contributed by atoms with Crippen LogP contribution in [0.25, 0.3) is 0 Å². The second-order valence-corrected chi connectivity index (χ2v) is 5.27. The fourth-order valence-corrected chi connectivity index (χ4v) is 1.93. The van der Waals surface area contributed by atoms with Crippen LogP contribution in [0.2, 0.25) is 0 Å². The van der Waals surface area contributed by atoms with Gasteiger partial charge < -0.3 is 10.1 Å². The van der Waals surface area contributed by atoms with Gasteiger partial charge in [-0.3, -0.25) is 4.79 Å². The number of hydrogen-bond acceptors (Lipinski definition) is 3. The van der Waals surface area contributed by atoms with Crippen molar-refractivity contribution in [2.75, 3.05) is 5.32 Å². The summed E-state index contributed by atoms with van der Waals surface area (Å²) in [7, 11) is 0. The lowest BCUT2D eigenvalue weighted by Crippen LogP contribution is -2.30. The molecule has 1 amide bonds. The zero-order chi connectivity index (χ0) is 16.1. The number of hydrogen-bond donors (Lipinski definition) is 1. The van der Waals surface area contributed by atoms with Crippen LogP contribution in [0, 0.1) is 13.8 Å². The summed E-state index contributed by atoms with van der Waals surface area (Å²) in [5, 5.41) is 2.72. The lowest BCUT2D eigenvalue weighted by atomic mass is 10.1. The summed E-state index contributed by atoms with van der Waals surface area (Å²) in [4.78, 5) is 24.0. The fourth-order valence-electron chi connectivity index (χ4n) is 1.93. The van der Waals surface area contributed by atoms with Gasteiger partial charge in [-0.05, 0) is 45.0 Å². The molecule has 0 saturated heterocycles. The highest BCUT2D eigenvalue weighted by Gasteiger charge is 2.19. The van der Waals surface area contributed by atoms with E-state index in [1.807, 2.05) is 44.2 Å². The van der Waals surface area contributed by atoms with Gasteiger partial charge >= 0.3 is 5.97 Å². The van der Waals surface area contributed by atoms with Gasteiger partial charge in [0.25, 0.3) is 5.91 Å². The minimum absolute atomic E-state index is 0.357. The smallest absolute Gasteiger partial charge is 0.338 e.